The summed E-state index contributed by atoms with van der Waals surface area (Å²) < 4.78 is 23.6. The molecule has 0 bridgehead atoms. The van der Waals surface area contributed by atoms with Crippen LogP contribution in [0.4, 0.5) is 0 Å². The van der Waals surface area contributed by atoms with E-state index in [1.807, 2.05) is 0 Å². The number of fused-ring (bicyclic) bond motifs is 1. The van der Waals surface area contributed by atoms with E-state index in [4.69, 9.17) is 24.1 Å². The van der Waals surface area contributed by atoms with Crippen LogP contribution in [0.3, 0.4) is 0 Å². The van der Waals surface area contributed by atoms with Gasteiger partial charge in [-0.2, -0.15) is 0 Å². The summed E-state index contributed by atoms with van der Waals surface area (Å²) in [5, 5.41) is 9.16. The second-order valence-corrected chi connectivity index (χ2v) is 9.20. The van der Waals surface area contributed by atoms with E-state index in [2.05, 4.69) is 4.99 Å². The fourth-order valence-electron chi connectivity index (χ4n) is 4.24. The SMILES string of the molecule is CCOC(=O)C1=C(C)N=c2s/c(=C\c3ccc(C(=O)O)cc3)c(=O)n2[C@H]1c1cc(OC)c(OC)c(OC)c1. The first-order valence-electron chi connectivity index (χ1n) is 11.6. The number of carboxylic acid groups (broad SMARTS) is 1. The summed E-state index contributed by atoms with van der Waals surface area (Å²) in [5.74, 6) is -0.538. The molecule has 1 aliphatic rings. The molecule has 1 aromatic heterocycles. The lowest BCUT2D eigenvalue weighted by atomic mass is 9.95. The quantitative estimate of drug-likeness (QED) is 0.434. The molecule has 0 saturated heterocycles. The maximum atomic E-state index is 13.8. The first-order chi connectivity index (χ1) is 18.2. The zero-order valence-corrected chi connectivity index (χ0v) is 22.3. The molecule has 0 amide bonds. The lowest BCUT2D eigenvalue weighted by molar-refractivity contribution is -0.139. The molecule has 1 N–H and O–H groups in total. The predicted octanol–water partition coefficient (Wildman–Crippen LogP) is 2.52. The molecule has 2 aromatic carbocycles. The van der Waals surface area contributed by atoms with Crippen LogP contribution in [0.1, 0.15) is 41.4 Å². The van der Waals surface area contributed by atoms with Crippen LogP contribution >= 0.6 is 11.3 Å². The molecule has 0 spiro atoms. The van der Waals surface area contributed by atoms with Gasteiger partial charge in [0.1, 0.15) is 0 Å². The third-order valence-corrected chi connectivity index (χ3v) is 6.96. The van der Waals surface area contributed by atoms with Gasteiger partial charge in [0.05, 0.1) is 55.3 Å². The normalized spacial score (nSPS) is 15.0. The largest absolute Gasteiger partial charge is 0.493 e. The van der Waals surface area contributed by atoms with Crippen molar-refractivity contribution in [1.82, 2.24) is 4.57 Å². The first kappa shape index (κ1) is 26.7. The number of benzene rings is 2. The van der Waals surface area contributed by atoms with Gasteiger partial charge in [0.15, 0.2) is 16.3 Å². The number of carbonyl (C=O) groups is 2. The lowest BCUT2D eigenvalue weighted by Crippen LogP contribution is -2.40. The number of nitrogens with zero attached hydrogens (tertiary/aromatic N) is 2. The summed E-state index contributed by atoms with van der Waals surface area (Å²) >= 11 is 1.16. The Morgan fingerprint density at radius 2 is 1.71 bits per heavy atom. The fraction of sp³-hybridized carbons (Fsp3) is 0.259. The van der Waals surface area contributed by atoms with Crippen molar-refractivity contribution >= 4 is 29.4 Å². The van der Waals surface area contributed by atoms with Gasteiger partial charge in [0, 0.05) is 0 Å². The number of rotatable bonds is 8. The zero-order chi connectivity index (χ0) is 27.6. The molecule has 38 heavy (non-hydrogen) atoms. The fourth-order valence-corrected chi connectivity index (χ4v) is 5.29. The van der Waals surface area contributed by atoms with Gasteiger partial charge in [-0.15, -0.1) is 0 Å². The Balaban J connectivity index is 1.97. The number of hydrogen-bond acceptors (Lipinski definition) is 9. The number of carboxylic acids is 1. The molecule has 0 unspecified atom stereocenters. The molecule has 0 aliphatic carbocycles. The molecule has 1 atom stereocenters. The van der Waals surface area contributed by atoms with Crippen molar-refractivity contribution in [2.45, 2.75) is 19.9 Å². The van der Waals surface area contributed by atoms with E-state index in [1.165, 1.54) is 38.0 Å². The van der Waals surface area contributed by atoms with E-state index in [0.717, 1.165) is 11.3 Å². The number of esters is 1. The van der Waals surface area contributed by atoms with Crippen LogP contribution in [-0.4, -0.2) is 49.5 Å². The molecule has 0 saturated carbocycles. The Bertz CT molecular complexity index is 1590. The van der Waals surface area contributed by atoms with Crippen molar-refractivity contribution in [2.75, 3.05) is 27.9 Å². The van der Waals surface area contributed by atoms with Crippen molar-refractivity contribution < 1.29 is 33.6 Å². The van der Waals surface area contributed by atoms with Crippen molar-refractivity contribution in [3.63, 3.8) is 0 Å². The maximum absolute atomic E-state index is 13.8. The summed E-state index contributed by atoms with van der Waals surface area (Å²) in [7, 11) is 4.45. The summed E-state index contributed by atoms with van der Waals surface area (Å²) in [6.45, 7) is 3.54. The van der Waals surface area contributed by atoms with Gasteiger partial charge < -0.3 is 24.1 Å². The maximum Gasteiger partial charge on any atom is 0.338 e. The van der Waals surface area contributed by atoms with E-state index in [0.29, 0.717) is 43.4 Å². The molecule has 0 radical (unpaired) electrons. The Morgan fingerprint density at radius 3 is 2.24 bits per heavy atom. The van der Waals surface area contributed by atoms with Gasteiger partial charge >= 0.3 is 11.9 Å². The Labute approximate surface area is 221 Å². The van der Waals surface area contributed by atoms with Crippen molar-refractivity contribution in [3.8, 4) is 17.2 Å². The predicted molar refractivity (Wildman–Crippen MR) is 140 cm³/mol. The molecular weight excluding hydrogens is 512 g/mol. The first-order valence-corrected chi connectivity index (χ1v) is 12.4. The van der Waals surface area contributed by atoms with Gasteiger partial charge in [-0.05, 0) is 55.3 Å². The van der Waals surface area contributed by atoms with Crippen molar-refractivity contribution in [1.29, 1.82) is 0 Å². The van der Waals surface area contributed by atoms with Crippen LogP contribution in [0.2, 0.25) is 0 Å². The number of methoxy groups -OCH3 is 3. The second-order valence-electron chi connectivity index (χ2n) is 8.19. The van der Waals surface area contributed by atoms with E-state index in [1.54, 1.807) is 44.2 Å². The number of hydrogen-bond donors (Lipinski definition) is 1. The number of allylic oxidation sites excluding steroid dienone is 1. The third kappa shape index (κ3) is 4.80. The molecule has 4 rings (SSSR count). The minimum absolute atomic E-state index is 0.140. The van der Waals surface area contributed by atoms with E-state index >= 15 is 0 Å². The van der Waals surface area contributed by atoms with Crippen LogP contribution < -0.4 is 29.1 Å². The van der Waals surface area contributed by atoms with Crippen molar-refractivity contribution in [2.24, 2.45) is 4.99 Å². The number of ether oxygens (including phenoxy) is 4. The number of carbonyl (C=O) groups excluding carboxylic acids is 1. The molecule has 1 aliphatic heterocycles. The van der Waals surface area contributed by atoms with Gasteiger partial charge in [-0.3, -0.25) is 9.36 Å². The molecule has 3 aromatic rings. The van der Waals surface area contributed by atoms with Gasteiger partial charge in [0.25, 0.3) is 5.56 Å². The van der Waals surface area contributed by atoms with Gasteiger partial charge in [0.2, 0.25) is 5.75 Å². The lowest BCUT2D eigenvalue weighted by Gasteiger charge is -2.26. The standard InChI is InChI=1S/C27H26N2O8S/c1-6-37-26(33)21-14(2)28-27-29(22(21)17-12-18(34-3)23(36-5)19(13-17)35-4)24(30)20(38-27)11-15-7-9-16(10-8-15)25(31)32/h7-13,22H,6H2,1-5H3,(H,31,32)/b20-11-/t22-/m0/s1. The van der Waals surface area contributed by atoms with E-state index < -0.39 is 18.0 Å². The molecule has 0 fully saturated rings. The molecule has 2 heterocycles. The average Bonchev–Trinajstić information content (AvgIpc) is 3.21. The summed E-state index contributed by atoms with van der Waals surface area (Å²) in [5.41, 5.74) is 1.58. The van der Waals surface area contributed by atoms with Crippen molar-refractivity contribution in [3.05, 3.63) is 84.0 Å². The van der Waals surface area contributed by atoms with Gasteiger partial charge in [-0.1, -0.05) is 23.5 Å². The van der Waals surface area contributed by atoms with Crippen LogP contribution in [-0.2, 0) is 9.53 Å². The highest BCUT2D eigenvalue weighted by molar-refractivity contribution is 7.07. The Hall–Kier alpha value is -4.38. The third-order valence-electron chi connectivity index (χ3n) is 5.98. The van der Waals surface area contributed by atoms with Crippen LogP contribution in [0.25, 0.3) is 6.08 Å². The second kappa shape index (κ2) is 10.9. The van der Waals surface area contributed by atoms with E-state index in [9.17, 15) is 14.4 Å². The van der Waals surface area contributed by atoms with Crippen LogP contribution in [0.5, 0.6) is 17.2 Å². The smallest absolute Gasteiger partial charge is 0.338 e. The Morgan fingerprint density at radius 1 is 1.08 bits per heavy atom. The summed E-state index contributed by atoms with van der Waals surface area (Å²) in [4.78, 5) is 43.0. The molecule has 198 valence electrons. The van der Waals surface area contributed by atoms with Crippen LogP contribution in [0, 0.1) is 0 Å². The highest BCUT2D eigenvalue weighted by Gasteiger charge is 2.34. The highest BCUT2D eigenvalue weighted by atomic mass is 32.1. The average molecular weight is 539 g/mol. The molecule has 11 heteroatoms. The summed E-state index contributed by atoms with van der Waals surface area (Å²) in [6, 6.07) is 8.66. The highest BCUT2D eigenvalue weighted by Crippen LogP contribution is 2.42. The van der Waals surface area contributed by atoms with E-state index in [-0.39, 0.29) is 23.3 Å². The number of aromatic nitrogens is 1. The number of thiazole rings is 1. The minimum Gasteiger partial charge on any atom is -0.493 e. The summed E-state index contributed by atoms with van der Waals surface area (Å²) in [6.07, 6.45) is 1.66. The monoisotopic (exact) mass is 538 g/mol. The Kier molecular flexibility index (Phi) is 7.67. The number of aromatic carboxylic acids is 1. The molecular formula is C27H26N2O8S. The van der Waals surface area contributed by atoms with Crippen LogP contribution in [0.15, 0.2) is 57.5 Å². The van der Waals surface area contributed by atoms with Gasteiger partial charge in [-0.25, -0.2) is 14.6 Å². The minimum atomic E-state index is -1.04. The topological polar surface area (TPSA) is 126 Å². The molecule has 10 nitrogen and oxygen atoms in total. The zero-order valence-electron chi connectivity index (χ0n) is 21.4.